The summed E-state index contributed by atoms with van der Waals surface area (Å²) in [5.74, 6) is 0.741. The van der Waals surface area contributed by atoms with E-state index in [0.29, 0.717) is 6.61 Å². The number of hydrogen-bond donors (Lipinski definition) is 0. The highest BCUT2D eigenvalue weighted by molar-refractivity contribution is 9.10. The van der Waals surface area contributed by atoms with Gasteiger partial charge in [-0.3, -0.25) is 4.98 Å². The molecule has 0 atom stereocenters. The van der Waals surface area contributed by atoms with Crippen LogP contribution in [0.1, 0.15) is 5.56 Å². The third-order valence-electron chi connectivity index (χ3n) is 2.95. The number of benzene rings is 1. The van der Waals surface area contributed by atoms with Crippen molar-refractivity contribution in [2.45, 2.75) is 0 Å². The van der Waals surface area contributed by atoms with Crippen LogP contribution >= 0.6 is 15.9 Å². The van der Waals surface area contributed by atoms with E-state index in [4.69, 9.17) is 4.74 Å². The van der Waals surface area contributed by atoms with Crippen molar-refractivity contribution in [1.29, 1.82) is 0 Å². The molecule has 0 unspecified atom stereocenters. The lowest BCUT2D eigenvalue weighted by Crippen LogP contribution is -1.96. The van der Waals surface area contributed by atoms with E-state index in [2.05, 4.69) is 38.0 Å². The molecule has 104 valence electrons. The predicted octanol–water partition coefficient (Wildman–Crippen LogP) is 4.48. The second kappa shape index (κ2) is 6.50. The van der Waals surface area contributed by atoms with E-state index in [-0.39, 0.29) is 0 Å². The van der Waals surface area contributed by atoms with Crippen molar-refractivity contribution in [3.63, 3.8) is 0 Å². The van der Waals surface area contributed by atoms with Gasteiger partial charge in [-0.1, -0.05) is 36.4 Å². The molecule has 3 rings (SSSR count). The average molecular weight is 341 g/mol. The van der Waals surface area contributed by atoms with Crippen molar-refractivity contribution in [3.05, 3.63) is 71.0 Å². The Morgan fingerprint density at radius 3 is 2.81 bits per heavy atom. The fraction of sp³-hybridized carbons (Fsp3) is 0.0588. The molecule has 0 saturated carbocycles. The van der Waals surface area contributed by atoms with Gasteiger partial charge in [0, 0.05) is 22.9 Å². The molecule has 0 saturated heterocycles. The maximum atomic E-state index is 5.78. The van der Waals surface area contributed by atoms with Crippen LogP contribution < -0.4 is 4.74 Å². The smallest absolute Gasteiger partial charge is 0.149 e. The first-order valence-corrected chi connectivity index (χ1v) is 7.37. The van der Waals surface area contributed by atoms with E-state index in [1.807, 2.05) is 42.5 Å². The topological polar surface area (TPSA) is 35.0 Å². The summed E-state index contributed by atoms with van der Waals surface area (Å²) in [6.07, 6.45) is 7.50. The third-order valence-corrected chi connectivity index (χ3v) is 3.39. The van der Waals surface area contributed by atoms with E-state index in [9.17, 15) is 0 Å². The Morgan fingerprint density at radius 1 is 1.10 bits per heavy atom. The van der Waals surface area contributed by atoms with Crippen LogP contribution in [0.25, 0.3) is 17.1 Å². The van der Waals surface area contributed by atoms with E-state index >= 15 is 0 Å². The zero-order valence-corrected chi connectivity index (χ0v) is 12.8. The van der Waals surface area contributed by atoms with Crippen LogP contribution in [0.4, 0.5) is 0 Å². The third kappa shape index (κ3) is 3.47. The van der Waals surface area contributed by atoms with Gasteiger partial charge >= 0.3 is 0 Å². The first-order valence-electron chi connectivity index (χ1n) is 6.57. The summed E-state index contributed by atoms with van der Waals surface area (Å²) < 4.78 is 6.68. The highest BCUT2D eigenvalue weighted by Crippen LogP contribution is 2.23. The molecule has 3 nitrogen and oxygen atoms in total. The molecule has 0 fully saturated rings. The summed E-state index contributed by atoms with van der Waals surface area (Å²) in [6, 6.07) is 13.9. The molecule has 0 amide bonds. The predicted molar refractivity (Wildman–Crippen MR) is 88.2 cm³/mol. The lowest BCUT2D eigenvalue weighted by molar-refractivity contribution is 0.367. The van der Waals surface area contributed by atoms with Gasteiger partial charge in [0.05, 0.1) is 5.52 Å². The van der Waals surface area contributed by atoms with Crippen LogP contribution in [0.3, 0.4) is 0 Å². The minimum atomic E-state index is 0.492. The van der Waals surface area contributed by atoms with Crippen molar-refractivity contribution < 1.29 is 4.74 Å². The largest absolute Gasteiger partial charge is 0.487 e. The molecule has 0 aliphatic heterocycles. The van der Waals surface area contributed by atoms with Gasteiger partial charge in [0.2, 0.25) is 0 Å². The molecule has 21 heavy (non-hydrogen) atoms. The molecule has 0 spiro atoms. The number of pyridine rings is 2. The first kappa shape index (κ1) is 13.8. The number of nitrogens with zero attached hydrogens (tertiary/aromatic N) is 2. The molecule has 2 heterocycles. The van der Waals surface area contributed by atoms with Crippen molar-refractivity contribution in [2.75, 3.05) is 6.61 Å². The van der Waals surface area contributed by atoms with Crippen LogP contribution in [0, 0.1) is 0 Å². The van der Waals surface area contributed by atoms with Crippen LogP contribution in [-0.4, -0.2) is 16.6 Å². The van der Waals surface area contributed by atoms with Gasteiger partial charge in [-0.05, 0) is 33.6 Å². The Morgan fingerprint density at radius 2 is 1.95 bits per heavy atom. The summed E-state index contributed by atoms with van der Waals surface area (Å²) in [5, 5.41) is 0. The molecule has 0 aliphatic rings. The van der Waals surface area contributed by atoms with E-state index in [1.54, 1.807) is 12.4 Å². The zero-order chi connectivity index (χ0) is 14.5. The fourth-order valence-electron chi connectivity index (χ4n) is 1.98. The van der Waals surface area contributed by atoms with Crippen LogP contribution in [-0.2, 0) is 0 Å². The molecular formula is C17H13BrN2O. The Balaban J connectivity index is 1.72. The summed E-state index contributed by atoms with van der Waals surface area (Å²) >= 11 is 3.39. The minimum absolute atomic E-state index is 0.492. The molecular weight excluding hydrogens is 328 g/mol. The van der Waals surface area contributed by atoms with Crippen molar-refractivity contribution in [3.8, 4) is 5.75 Å². The second-order valence-electron chi connectivity index (χ2n) is 4.45. The number of ether oxygens (including phenoxy) is 1. The lowest BCUT2D eigenvalue weighted by Gasteiger charge is -2.06. The molecule has 0 bridgehead atoms. The Kier molecular flexibility index (Phi) is 4.26. The first-order chi connectivity index (χ1) is 10.3. The Bertz CT molecular complexity index is 772. The summed E-state index contributed by atoms with van der Waals surface area (Å²) in [6.45, 7) is 0.492. The SMILES string of the molecule is Brc1cnc2c(OC/C=C/c3ccccc3)ccnc2c1. The van der Waals surface area contributed by atoms with Crippen LogP contribution in [0.5, 0.6) is 5.75 Å². The van der Waals surface area contributed by atoms with Gasteiger partial charge < -0.3 is 4.74 Å². The Labute approximate surface area is 131 Å². The maximum Gasteiger partial charge on any atom is 0.149 e. The molecule has 0 aliphatic carbocycles. The summed E-state index contributed by atoms with van der Waals surface area (Å²) in [5.41, 5.74) is 2.74. The number of halogens is 1. The van der Waals surface area contributed by atoms with E-state index in [0.717, 1.165) is 26.8 Å². The molecule has 2 aromatic heterocycles. The maximum absolute atomic E-state index is 5.78. The summed E-state index contributed by atoms with van der Waals surface area (Å²) in [7, 11) is 0. The number of aromatic nitrogens is 2. The minimum Gasteiger partial charge on any atom is -0.487 e. The normalized spacial score (nSPS) is 11.1. The molecule has 0 N–H and O–H groups in total. The molecule has 4 heteroatoms. The monoisotopic (exact) mass is 340 g/mol. The van der Waals surface area contributed by atoms with Crippen LogP contribution in [0.2, 0.25) is 0 Å². The van der Waals surface area contributed by atoms with Gasteiger partial charge in [-0.2, -0.15) is 0 Å². The standard InChI is InChI=1S/C17H13BrN2O/c18-14-11-15-17(20-12-14)16(8-9-19-15)21-10-4-7-13-5-2-1-3-6-13/h1-9,11-12H,10H2/b7-4+. The average Bonchev–Trinajstić information content (AvgIpc) is 2.52. The van der Waals surface area contributed by atoms with E-state index in [1.165, 1.54) is 0 Å². The summed E-state index contributed by atoms with van der Waals surface area (Å²) in [4.78, 5) is 8.65. The molecule has 1 aromatic carbocycles. The van der Waals surface area contributed by atoms with Gasteiger partial charge in [0.1, 0.15) is 17.9 Å². The highest BCUT2D eigenvalue weighted by atomic mass is 79.9. The number of rotatable bonds is 4. The van der Waals surface area contributed by atoms with Crippen molar-refractivity contribution in [2.24, 2.45) is 0 Å². The highest BCUT2D eigenvalue weighted by Gasteiger charge is 2.04. The quantitative estimate of drug-likeness (QED) is 0.702. The molecule has 3 aromatic rings. The molecule has 0 radical (unpaired) electrons. The van der Waals surface area contributed by atoms with E-state index < -0.39 is 0 Å². The van der Waals surface area contributed by atoms with Crippen molar-refractivity contribution >= 4 is 33.0 Å². The van der Waals surface area contributed by atoms with Gasteiger partial charge in [-0.25, -0.2) is 4.98 Å². The zero-order valence-electron chi connectivity index (χ0n) is 11.2. The number of fused-ring (bicyclic) bond motifs is 1. The number of hydrogen-bond acceptors (Lipinski definition) is 3. The van der Waals surface area contributed by atoms with Crippen LogP contribution in [0.15, 0.2) is 65.4 Å². The Hall–Kier alpha value is -2.20. The fourth-order valence-corrected chi connectivity index (χ4v) is 2.30. The lowest BCUT2D eigenvalue weighted by atomic mass is 10.2. The van der Waals surface area contributed by atoms with Crippen molar-refractivity contribution in [1.82, 2.24) is 9.97 Å². The van der Waals surface area contributed by atoms with Gasteiger partial charge in [0.25, 0.3) is 0 Å². The second-order valence-corrected chi connectivity index (χ2v) is 5.37. The van der Waals surface area contributed by atoms with Gasteiger partial charge in [-0.15, -0.1) is 0 Å². The van der Waals surface area contributed by atoms with Gasteiger partial charge in [0.15, 0.2) is 0 Å².